The van der Waals surface area contributed by atoms with E-state index in [1.165, 1.54) is 9.14 Å². The van der Waals surface area contributed by atoms with Crippen molar-refractivity contribution in [2.45, 2.75) is 64.1 Å². The Morgan fingerprint density at radius 2 is 1.73 bits per heavy atom. The average molecular weight is 649 g/mol. The number of benzene rings is 3. The molecule has 6 nitrogen and oxygen atoms in total. The second-order valence-corrected chi connectivity index (χ2v) is 12.1. The predicted molar refractivity (Wildman–Crippen MR) is 164 cm³/mol. The minimum atomic E-state index is -0.238. The highest BCUT2D eigenvalue weighted by Crippen LogP contribution is 2.48. The summed E-state index contributed by atoms with van der Waals surface area (Å²) in [6.07, 6.45) is 7.89. The van der Waals surface area contributed by atoms with Crippen molar-refractivity contribution in [3.8, 4) is 11.5 Å². The van der Waals surface area contributed by atoms with E-state index in [2.05, 4.69) is 82.7 Å². The van der Waals surface area contributed by atoms with Crippen molar-refractivity contribution < 1.29 is 18.9 Å². The SMILES string of the molecule is CC1=C(c2ccc3cnn(C4CCCCO4)c3c2)C(c2ccc(I)cc2)Oc2ccc(OC3CCCCO3)cc21. The summed E-state index contributed by atoms with van der Waals surface area (Å²) in [5.41, 5.74) is 6.72. The number of fused-ring (bicyclic) bond motifs is 2. The first-order chi connectivity index (χ1) is 19.6. The van der Waals surface area contributed by atoms with Crippen LogP contribution in [0.25, 0.3) is 22.0 Å². The third kappa shape index (κ3) is 5.03. The first-order valence-electron chi connectivity index (χ1n) is 14.3. The zero-order valence-corrected chi connectivity index (χ0v) is 24.8. The minimum Gasteiger partial charge on any atom is -0.480 e. The van der Waals surface area contributed by atoms with E-state index in [0.29, 0.717) is 0 Å². The van der Waals surface area contributed by atoms with Crippen molar-refractivity contribution in [3.05, 3.63) is 87.1 Å². The number of ether oxygens (including phenoxy) is 4. The van der Waals surface area contributed by atoms with Gasteiger partial charge in [-0.05, 0) is 115 Å². The van der Waals surface area contributed by atoms with Gasteiger partial charge in [-0.2, -0.15) is 5.10 Å². The van der Waals surface area contributed by atoms with Crippen LogP contribution in [0, 0.1) is 3.57 Å². The second kappa shape index (κ2) is 11.2. The lowest BCUT2D eigenvalue weighted by Crippen LogP contribution is -2.25. The summed E-state index contributed by atoms with van der Waals surface area (Å²) in [5.74, 6) is 1.67. The molecule has 3 aromatic carbocycles. The second-order valence-electron chi connectivity index (χ2n) is 10.8. The highest BCUT2D eigenvalue weighted by atomic mass is 127. The summed E-state index contributed by atoms with van der Waals surface area (Å²) in [5, 5.41) is 5.84. The molecule has 7 rings (SSSR count). The van der Waals surface area contributed by atoms with Crippen LogP contribution in [0.15, 0.2) is 66.9 Å². The Balaban J connectivity index is 1.33. The van der Waals surface area contributed by atoms with E-state index in [1.807, 2.05) is 18.3 Å². The Labute approximate surface area is 248 Å². The molecule has 0 aliphatic carbocycles. The lowest BCUT2D eigenvalue weighted by molar-refractivity contribution is -0.105. The van der Waals surface area contributed by atoms with Crippen molar-refractivity contribution in [1.29, 1.82) is 0 Å². The van der Waals surface area contributed by atoms with Gasteiger partial charge < -0.3 is 18.9 Å². The molecule has 7 heteroatoms. The van der Waals surface area contributed by atoms with Gasteiger partial charge in [-0.25, -0.2) is 4.68 Å². The molecule has 0 bridgehead atoms. The maximum atomic E-state index is 6.79. The van der Waals surface area contributed by atoms with Gasteiger partial charge in [0.05, 0.1) is 18.3 Å². The largest absolute Gasteiger partial charge is 0.480 e. The minimum absolute atomic E-state index is 0.0198. The molecular formula is C33H33IN2O4. The number of allylic oxidation sites excluding steroid dienone is 1. The molecule has 3 aliphatic heterocycles. The van der Waals surface area contributed by atoms with Crippen molar-refractivity contribution in [2.24, 2.45) is 0 Å². The normalized spacial score (nSPS) is 23.1. The van der Waals surface area contributed by atoms with Gasteiger partial charge in [0, 0.05) is 33.1 Å². The number of nitrogens with zero attached hydrogens (tertiary/aromatic N) is 2. The first kappa shape index (κ1) is 26.0. The maximum absolute atomic E-state index is 6.79. The van der Waals surface area contributed by atoms with Gasteiger partial charge in [0.2, 0.25) is 0 Å². The highest BCUT2D eigenvalue weighted by Gasteiger charge is 2.31. The summed E-state index contributed by atoms with van der Waals surface area (Å²) in [7, 11) is 0. The first-order valence-corrected chi connectivity index (χ1v) is 15.4. The van der Waals surface area contributed by atoms with Crippen LogP contribution in [0.2, 0.25) is 0 Å². The summed E-state index contributed by atoms with van der Waals surface area (Å²) in [4.78, 5) is 0. The van der Waals surface area contributed by atoms with Crippen molar-refractivity contribution in [2.75, 3.05) is 13.2 Å². The Hall–Kier alpha value is -2.88. The Kier molecular flexibility index (Phi) is 7.28. The van der Waals surface area contributed by atoms with E-state index in [9.17, 15) is 0 Å². The molecule has 0 amide bonds. The van der Waals surface area contributed by atoms with Gasteiger partial charge in [-0.1, -0.05) is 24.3 Å². The fraction of sp³-hybridized carbons (Fsp3) is 0.364. The standard InChI is InChI=1S/C33H33IN2O4/c1-21-27-19-26(39-31-7-3-5-17-38-31)14-15-29(27)40-33(22-10-12-25(34)13-11-22)32(21)23-8-9-24-20-35-36(28(24)18-23)30-6-2-4-16-37-30/h8-15,18-20,30-31,33H,2-7,16-17H2,1H3. The lowest BCUT2D eigenvalue weighted by Gasteiger charge is -2.32. The average Bonchev–Trinajstić information content (AvgIpc) is 3.42. The van der Waals surface area contributed by atoms with Crippen LogP contribution < -0.4 is 9.47 Å². The molecule has 2 fully saturated rings. The molecule has 1 aromatic heterocycles. The van der Waals surface area contributed by atoms with E-state index >= 15 is 0 Å². The smallest absolute Gasteiger partial charge is 0.199 e. The third-order valence-corrected chi connectivity index (χ3v) is 8.90. The monoisotopic (exact) mass is 648 g/mol. The summed E-state index contributed by atoms with van der Waals surface area (Å²) >= 11 is 2.35. The van der Waals surface area contributed by atoms with Gasteiger partial charge in [0.15, 0.2) is 12.5 Å². The van der Waals surface area contributed by atoms with Gasteiger partial charge in [-0.15, -0.1) is 0 Å². The van der Waals surface area contributed by atoms with Crippen molar-refractivity contribution in [3.63, 3.8) is 0 Å². The molecule has 40 heavy (non-hydrogen) atoms. The number of rotatable bonds is 5. The van der Waals surface area contributed by atoms with Crippen LogP contribution in [0.5, 0.6) is 11.5 Å². The Morgan fingerprint density at radius 3 is 2.50 bits per heavy atom. The fourth-order valence-corrected chi connectivity index (χ4v) is 6.41. The summed E-state index contributed by atoms with van der Waals surface area (Å²) in [6.45, 7) is 3.74. The molecule has 0 spiro atoms. The van der Waals surface area contributed by atoms with Gasteiger partial charge in [-0.3, -0.25) is 0 Å². The number of hydrogen-bond donors (Lipinski definition) is 0. The van der Waals surface area contributed by atoms with Gasteiger partial charge in [0.25, 0.3) is 0 Å². The lowest BCUT2D eigenvalue weighted by atomic mass is 9.86. The van der Waals surface area contributed by atoms with Gasteiger partial charge >= 0.3 is 0 Å². The molecule has 0 saturated carbocycles. The van der Waals surface area contributed by atoms with Gasteiger partial charge in [0.1, 0.15) is 17.6 Å². The number of aromatic nitrogens is 2. The van der Waals surface area contributed by atoms with Crippen molar-refractivity contribution >= 4 is 44.6 Å². The molecule has 0 radical (unpaired) electrons. The predicted octanol–water partition coefficient (Wildman–Crippen LogP) is 8.31. The summed E-state index contributed by atoms with van der Waals surface area (Å²) < 4.78 is 28.2. The van der Waals surface area contributed by atoms with Crippen LogP contribution in [-0.2, 0) is 9.47 Å². The zero-order valence-electron chi connectivity index (χ0n) is 22.6. The van der Waals surface area contributed by atoms with Crippen LogP contribution >= 0.6 is 22.6 Å². The molecule has 3 atom stereocenters. The van der Waals surface area contributed by atoms with Crippen LogP contribution in [0.4, 0.5) is 0 Å². The molecule has 206 valence electrons. The van der Waals surface area contributed by atoms with E-state index < -0.39 is 0 Å². The molecular weight excluding hydrogens is 615 g/mol. The topological polar surface area (TPSA) is 54.7 Å². The van der Waals surface area contributed by atoms with Crippen LogP contribution in [0.1, 0.15) is 74.5 Å². The van der Waals surface area contributed by atoms with Crippen molar-refractivity contribution in [1.82, 2.24) is 9.78 Å². The fourth-order valence-electron chi connectivity index (χ4n) is 6.05. The third-order valence-electron chi connectivity index (χ3n) is 8.18. The highest BCUT2D eigenvalue weighted by molar-refractivity contribution is 14.1. The van der Waals surface area contributed by atoms with E-state index in [-0.39, 0.29) is 18.6 Å². The number of halogens is 1. The maximum Gasteiger partial charge on any atom is 0.199 e. The molecule has 0 N–H and O–H groups in total. The molecule has 3 unspecified atom stereocenters. The van der Waals surface area contributed by atoms with Crippen LogP contribution in [-0.4, -0.2) is 29.3 Å². The van der Waals surface area contributed by atoms with Crippen LogP contribution in [0.3, 0.4) is 0 Å². The van der Waals surface area contributed by atoms with E-state index in [4.69, 9.17) is 24.0 Å². The molecule has 4 heterocycles. The zero-order chi connectivity index (χ0) is 27.1. The molecule has 2 saturated heterocycles. The Morgan fingerprint density at radius 1 is 0.900 bits per heavy atom. The Bertz CT molecular complexity index is 1550. The quantitative estimate of drug-likeness (QED) is 0.204. The number of hydrogen-bond acceptors (Lipinski definition) is 5. The molecule has 3 aliphatic rings. The summed E-state index contributed by atoms with van der Waals surface area (Å²) in [6, 6.07) is 21.4. The van der Waals surface area contributed by atoms with E-state index in [1.54, 1.807) is 0 Å². The molecule has 4 aromatic rings. The van der Waals surface area contributed by atoms with E-state index in [0.717, 1.165) is 96.4 Å².